The fourth-order valence-electron chi connectivity index (χ4n) is 3.61. The third-order valence-corrected chi connectivity index (χ3v) is 4.98. The molecule has 0 bridgehead atoms. The van der Waals surface area contributed by atoms with E-state index in [0.29, 0.717) is 24.6 Å². The van der Waals surface area contributed by atoms with Crippen LogP contribution in [-0.2, 0) is 0 Å². The molecule has 5 nitrogen and oxygen atoms in total. The van der Waals surface area contributed by atoms with Crippen LogP contribution in [0.15, 0.2) is 12.4 Å². The van der Waals surface area contributed by atoms with Crippen molar-refractivity contribution >= 4 is 11.6 Å². The molecule has 3 heterocycles. The topological polar surface area (TPSA) is 52.5 Å². The highest BCUT2D eigenvalue weighted by atomic mass is 19.4. The standard InChI is InChI=1S/C16H23F3N4O/c17-16(18,19)12-4-3-6-22(9-12)14-8-15(21-11-20-14)23-7-2-1-5-13(23)10-24/h8,11-13,24H,1-7,9-10H2/t12-,13-/m0/s1. The van der Waals surface area contributed by atoms with Gasteiger partial charge in [-0.05, 0) is 32.1 Å². The molecule has 2 atom stereocenters. The van der Waals surface area contributed by atoms with Crippen LogP contribution in [0.3, 0.4) is 0 Å². The summed E-state index contributed by atoms with van der Waals surface area (Å²) in [6.07, 6.45) is 0.919. The Hall–Kier alpha value is -1.57. The minimum Gasteiger partial charge on any atom is -0.394 e. The van der Waals surface area contributed by atoms with Crippen LogP contribution in [0.5, 0.6) is 0 Å². The number of hydrogen-bond acceptors (Lipinski definition) is 5. The molecule has 1 N–H and O–H groups in total. The van der Waals surface area contributed by atoms with Gasteiger partial charge in [0.1, 0.15) is 18.0 Å². The second-order valence-electron chi connectivity index (χ2n) is 6.59. The van der Waals surface area contributed by atoms with Gasteiger partial charge in [-0.3, -0.25) is 0 Å². The van der Waals surface area contributed by atoms with Crippen molar-refractivity contribution in [2.75, 3.05) is 36.0 Å². The number of rotatable bonds is 3. The Morgan fingerprint density at radius 1 is 1.08 bits per heavy atom. The minimum absolute atomic E-state index is 0.0192. The summed E-state index contributed by atoms with van der Waals surface area (Å²) in [6.45, 7) is 1.38. The van der Waals surface area contributed by atoms with Gasteiger partial charge in [-0.2, -0.15) is 13.2 Å². The van der Waals surface area contributed by atoms with Gasteiger partial charge in [0, 0.05) is 25.7 Å². The first kappa shape index (κ1) is 17.3. The summed E-state index contributed by atoms with van der Waals surface area (Å²) in [5, 5.41) is 9.54. The van der Waals surface area contributed by atoms with Crippen LogP contribution >= 0.6 is 0 Å². The van der Waals surface area contributed by atoms with Gasteiger partial charge < -0.3 is 14.9 Å². The number of halogens is 3. The summed E-state index contributed by atoms with van der Waals surface area (Å²) >= 11 is 0. The van der Waals surface area contributed by atoms with Gasteiger partial charge in [0.2, 0.25) is 0 Å². The zero-order valence-electron chi connectivity index (χ0n) is 13.5. The molecule has 3 rings (SSSR count). The van der Waals surface area contributed by atoms with Crippen molar-refractivity contribution in [1.82, 2.24) is 9.97 Å². The molecule has 0 aromatic carbocycles. The van der Waals surface area contributed by atoms with E-state index in [2.05, 4.69) is 9.97 Å². The summed E-state index contributed by atoms with van der Waals surface area (Å²) in [4.78, 5) is 12.2. The maximum atomic E-state index is 13.0. The second-order valence-corrected chi connectivity index (χ2v) is 6.59. The van der Waals surface area contributed by atoms with Gasteiger partial charge in [0.25, 0.3) is 0 Å². The van der Waals surface area contributed by atoms with Crippen molar-refractivity contribution in [3.8, 4) is 0 Å². The fourth-order valence-corrected chi connectivity index (χ4v) is 3.61. The fraction of sp³-hybridized carbons (Fsp3) is 0.750. The predicted molar refractivity (Wildman–Crippen MR) is 85.1 cm³/mol. The Morgan fingerprint density at radius 2 is 1.88 bits per heavy atom. The highest BCUT2D eigenvalue weighted by Crippen LogP contribution is 2.35. The van der Waals surface area contributed by atoms with Crippen molar-refractivity contribution in [3.63, 3.8) is 0 Å². The Bertz CT molecular complexity index is 554. The number of alkyl halides is 3. The molecule has 2 aliphatic rings. The number of aliphatic hydroxyl groups excluding tert-OH is 1. The molecule has 24 heavy (non-hydrogen) atoms. The largest absolute Gasteiger partial charge is 0.394 e. The lowest BCUT2D eigenvalue weighted by Gasteiger charge is -2.37. The summed E-state index contributed by atoms with van der Waals surface area (Å²) in [7, 11) is 0. The molecule has 0 radical (unpaired) electrons. The normalized spacial score (nSPS) is 25.8. The van der Waals surface area contributed by atoms with Crippen LogP contribution in [0.2, 0.25) is 0 Å². The van der Waals surface area contributed by atoms with E-state index < -0.39 is 12.1 Å². The second kappa shape index (κ2) is 7.13. The first-order chi connectivity index (χ1) is 11.5. The molecule has 0 unspecified atom stereocenters. The Morgan fingerprint density at radius 3 is 2.62 bits per heavy atom. The molecule has 8 heteroatoms. The van der Waals surface area contributed by atoms with Crippen molar-refractivity contribution < 1.29 is 18.3 Å². The molecule has 2 saturated heterocycles. The van der Waals surface area contributed by atoms with Gasteiger partial charge in [-0.1, -0.05) is 0 Å². The highest BCUT2D eigenvalue weighted by Gasteiger charge is 2.42. The summed E-state index contributed by atoms with van der Waals surface area (Å²) in [6, 6.07) is 1.78. The molecular formula is C16H23F3N4O. The quantitative estimate of drug-likeness (QED) is 0.913. The minimum atomic E-state index is -4.16. The van der Waals surface area contributed by atoms with Gasteiger partial charge in [-0.15, -0.1) is 0 Å². The molecular weight excluding hydrogens is 321 g/mol. The molecule has 2 aliphatic heterocycles. The summed E-state index contributed by atoms with van der Waals surface area (Å²) in [5.41, 5.74) is 0. The molecule has 1 aromatic rings. The zero-order chi connectivity index (χ0) is 17.2. The van der Waals surface area contributed by atoms with Crippen molar-refractivity contribution in [2.24, 2.45) is 5.92 Å². The molecule has 0 amide bonds. The van der Waals surface area contributed by atoms with E-state index in [1.165, 1.54) is 6.33 Å². The van der Waals surface area contributed by atoms with E-state index in [-0.39, 0.29) is 25.6 Å². The lowest BCUT2D eigenvalue weighted by molar-refractivity contribution is -0.176. The van der Waals surface area contributed by atoms with Crippen molar-refractivity contribution in [3.05, 3.63) is 12.4 Å². The lowest BCUT2D eigenvalue weighted by atomic mass is 9.97. The van der Waals surface area contributed by atoms with E-state index >= 15 is 0 Å². The van der Waals surface area contributed by atoms with E-state index in [0.717, 1.165) is 25.8 Å². The van der Waals surface area contributed by atoms with Gasteiger partial charge in [0.15, 0.2) is 0 Å². The molecule has 2 fully saturated rings. The SMILES string of the molecule is OC[C@@H]1CCCCN1c1cc(N2CCC[C@H](C(F)(F)F)C2)ncn1. The van der Waals surface area contributed by atoms with Gasteiger partial charge >= 0.3 is 6.18 Å². The maximum absolute atomic E-state index is 13.0. The van der Waals surface area contributed by atoms with E-state index in [1.807, 2.05) is 4.90 Å². The van der Waals surface area contributed by atoms with Gasteiger partial charge in [-0.25, -0.2) is 9.97 Å². The van der Waals surface area contributed by atoms with E-state index in [4.69, 9.17) is 0 Å². The first-order valence-electron chi connectivity index (χ1n) is 8.50. The average molecular weight is 344 g/mol. The number of piperidine rings is 2. The van der Waals surface area contributed by atoms with Crippen LogP contribution < -0.4 is 9.80 Å². The number of anilines is 2. The lowest BCUT2D eigenvalue weighted by Crippen LogP contribution is -2.43. The van der Waals surface area contributed by atoms with Gasteiger partial charge in [0.05, 0.1) is 18.6 Å². The van der Waals surface area contributed by atoms with Crippen molar-refractivity contribution in [1.29, 1.82) is 0 Å². The first-order valence-corrected chi connectivity index (χ1v) is 8.50. The Kier molecular flexibility index (Phi) is 5.12. The smallest absolute Gasteiger partial charge is 0.393 e. The highest BCUT2D eigenvalue weighted by molar-refractivity contribution is 5.51. The van der Waals surface area contributed by atoms with Crippen molar-refractivity contribution in [2.45, 2.75) is 44.3 Å². The van der Waals surface area contributed by atoms with Crippen LogP contribution in [0, 0.1) is 5.92 Å². The Labute approximate surface area is 139 Å². The summed E-state index contributed by atoms with van der Waals surface area (Å²) < 4.78 is 39.0. The van der Waals surface area contributed by atoms with Crippen LogP contribution in [0.4, 0.5) is 24.8 Å². The molecule has 0 spiro atoms. The van der Waals surface area contributed by atoms with Crippen LogP contribution in [-0.4, -0.2) is 53.5 Å². The monoisotopic (exact) mass is 344 g/mol. The van der Waals surface area contributed by atoms with Crippen LogP contribution in [0.25, 0.3) is 0 Å². The number of nitrogens with zero attached hydrogens (tertiary/aromatic N) is 4. The number of aromatic nitrogens is 2. The summed E-state index contributed by atoms with van der Waals surface area (Å²) in [5.74, 6) is -0.0751. The third-order valence-electron chi connectivity index (χ3n) is 4.98. The van der Waals surface area contributed by atoms with E-state index in [1.54, 1.807) is 11.0 Å². The Balaban J connectivity index is 1.77. The average Bonchev–Trinajstić information content (AvgIpc) is 2.61. The molecule has 1 aromatic heterocycles. The molecule has 134 valence electrons. The number of aliphatic hydroxyl groups is 1. The molecule has 0 aliphatic carbocycles. The zero-order valence-corrected chi connectivity index (χ0v) is 13.5. The van der Waals surface area contributed by atoms with E-state index in [9.17, 15) is 18.3 Å². The maximum Gasteiger partial charge on any atom is 0.393 e. The molecule has 0 saturated carbocycles. The van der Waals surface area contributed by atoms with Crippen LogP contribution in [0.1, 0.15) is 32.1 Å². The third kappa shape index (κ3) is 3.74. The number of hydrogen-bond donors (Lipinski definition) is 1. The predicted octanol–water partition coefficient (Wildman–Crippen LogP) is 2.61.